The largest absolute Gasteiger partial charge is 0.497 e. The summed E-state index contributed by atoms with van der Waals surface area (Å²) < 4.78 is 18.7. The van der Waals surface area contributed by atoms with Gasteiger partial charge < -0.3 is 39.5 Å². The number of methoxy groups -OCH3 is 2. The van der Waals surface area contributed by atoms with Crippen molar-refractivity contribution in [2.45, 2.75) is 70.9 Å². The molecule has 3 N–H and O–H groups in total. The van der Waals surface area contributed by atoms with Gasteiger partial charge in [-0.05, 0) is 55.5 Å². The Hall–Kier alpha value is -3.03. The van der Waals surface area contributed by atoms with Gasteiger partial charge in [0.25, 0.3) is 0 Å². The zero-order valence-corrected chi connectivity index (χ0v) is 27.5. The Morgan fingerprint density at radius 2 is 1.96 bits per heavy atom. The number of hydrogen-bond acceptors (Lipinski definition) is 9. The number of aliphatic hydroxyl groups excluding tert-OH is 2. The minimum Gasteiger partial charge on any atom is -0.497 e. The summed E-state index contributed by atoms with van der Waals surface area (Å²) in [6.45, 7) is 8.44. The van der Waals surface area contributed by atoms with Crippen LogP contribution in [0.2, 0.25) is 0 Å². The fraction of sp³-hybridized carbons (Fsp3) is 0.667. The molecule has 1 aliphatic rings. The first kappa shape index (κ1) is 36.4. The van der Waals surface area contributed by atoms with Crippen LogP contribution >= 0.6 is 0 Å². The van der Waals surface area contributed by atoms with Crippen molar-refractivity contribution in [2.75, 3.05) is 60.2 Å². The average Bonchev–Trinajstić information content (AvgIpc) is 3.55. The Balaban J connectivity index is 1.97. The fourth-order valence-electron chi connectivity index (χ4n) is 5.84. The topological polar surface area (TPSA) is 139 Å². The Kier molecular flexibility index (Phi) is 15.2. The van der Waals surface area contributed by atoms with Crippen molar-refractivity contribution in [1.29, 1.82) is 0 Å². The summed E-state index contributed by atoms with van der Waals surface area (Å²) in [7, 11) is 3.07. The highest BCUT2D eigenvalue weighted by Gasteiger charge is 2.37. The molecule has 252 valence electrons. The molecule has 12 heteroatoms. The first-order valence-electron chi connectivity index (χ1n) is 16.0. The Morgan fingerprint density at radius 1 is 1.16 bits per heavy atom. The molecule has 1 aromatic carbocycles. The first-order valence-corrected chi connectivity index (χ1v) is 16.0. The minimum atomic E-state index is -1.24. The summed E-state index contributed by atoms with van der Waals surface area (Å²) in [4.78, 5) is 30.7. The second-order valence-corrected chi connectivity index (χ2v) is 12.1. The molecule has 2 aromatic rings. The maximum Gasteiger partial charge on any atom is 0.237 e. The zero-order valence-electron chi connectivity index (χ0n) is 27.5. The number of nitrogens with zero attached hydrogens (tertiary/aromatic N) is 4. The standard InChI is InChI=1S/C33H53N5O7/c1-24(2)28-21-36(25(3)39)22-30(44-5)33(42)29(40)23-45-18-7-6-17-38(32(28)26-11-8-12-27(19-26)43-4)31(41)20-34-13-9-15-37-16-10-14-35-37/h8,10-12,14,16,19,24,28-30,32-34,40,42H,6-7,9,13,15,17-18,20-23H2,1-5H3/t28-,29+,30+,32-,33+/m1/s1. The van der Waals surface area contributed by atoms with Crippen LogP contribution in [0.3, 0.4) is 0 Å². The molecule has 5 atom stereocenters. The van der Waals surface area contributed by atoms with E-state index in [1.807, 2.05) is 46.1 Å². The van der Waals surface area contributed by atoms with Gasteiger partial charge in [0.1, 0.15) is 24.1 Å². The number of ether oxygens (including phenoxy) is 3. The molecule has 2 amide bonds. The van der Waals surface area contributed by atoms with Gasteiger partial charge >= 0.3 is 0 Å². The van der Waals surface area contributed by atoms with Gasteiger partial charge in [0.15, 0.2) is 0 Å². The number of carbonyl (C=O) groups excluding carboxylic acids is 2. The smallest absolute Gasteiger partial charge is 0.237 e. The molecule has 0 aliphatic carbocycles. The van der Waals surface area contributed by atoms with Crippen molar-refractivity contribution in [3.05, 3.63) is 48.3 Å². The summed E-state index contributed by atoms with van der Waals surface area (Å²) in [5.74, 6) is 0.351. The molecule has 1 fully saturated rings. The van der Waals surface area contributed by atoms with Crippen LogP contribution in [0.15, 0.2) is 42.7 Å². The van der Waals surface area contributed by atoms with Crippen molar-refractivity contribution in [1.82, 2.24) is 24.9 Å². The number of nitrogens with one attached hydrogen (secondary N) is 1. The van der Waals surface area contributed by atoms with Crippen LogP contribution in [0.4, 0.5) is 0 Å². The van der Waals surface area contributed by atoms with E-state index in [1.54, 1.807) is 18.2 Å². The number of aromatic nitrogens is 2. The number of hydrogen-bond donors (Lipinski definition) is 3. The van der Waals surface area contributed by atoms with Gasteiger partial charge in [-0.3, -0.25) is 14.3 Å². The number of aryl methyl sites for hydroxylation is 1. The van der Waals surface area contributed by atoms with Crippen LogP contribution in [0.25, 0.3) is 0 Å². The van der Waals surface area contributed by atoms with Gasteiger partial charge in [-0.15, -0.1) is 0 Å². The van der Waals surface area contributed by atoms with Gasteiger partial charge in [-0.1, -0.05) is 26.0 Å². The van der Waals surface area contributed by atoms with E-state index in [1.165, 1.54) is 14.0 Å². The summed E-state index contributed by atoms with van der Waals surface area (Å²) in [6.07, 6.45) is 2.59. The van der Waals surface area contributed by atoms with Gasteiger partial charge in [-0.2, -0.15) is 5.10 Å². The number of benzene rings is 1. The lowest BCUT2D eigenvalue weighted by molar-refractivity contribution is -0.139. The van der Waals surface area contributed by atoms with E-state index in [4.69, 9.17) is 14.2 Å². The molecule has 1 saturated heterocycles. The van der Waals surface area contributed by atoms with Crippen LogP contribution < -0.4 is 10.1 Å². The lowest BCUT2D eigenvalue weighted by Crippen LogP contribution is -2.51. The van der Waals surface area contributed by atoms with E-state index < -0.39 is 18.3 Å². The van der Waals surface area contributed by atoms with Crippen LogP contribution in [-0.4, -0.2) is 120 Å². The van der Waals surface area contributed by atoms with Crippen LogP contribution in [0.5, 0.6) is 5.75 Å². The maximum absolute atomic E-state index is 14.1. The highest BCUT2D eigenvalue weighted by Crippen LogP contribution is 2.36. The van der Waals surface area contributed by atoms with Crippen molar-refractivity contribution >= 4 is 11.8 Å². The van der Waals surface area contributed by atoms with Crippen molar-refractivity contribution in [3.8, 4) is 5.75 Å². The molecule has 12 nitrogen and oxygen atoms in total. The summed E-state index contributed by atoms with van der Waals surface area (Å²) in [5.41, 5.74) is 0.919. The number of rotatable bonds is 10. The number of aliphatic hydroxyl groups is 2. The molecular formula is C33H53N5O7. The molecule has 45 heavy (non-hydrogen) atoms. The van der Waals surface area contributed by atoms with Crippen molar-refractivity contribution in [2.24, 2.45) is 11.8 Å². The Morgan fingerprint density at radius 3 is 2.62 bits per heavy atom. The number of carbonyl (C=O) groups is 2. The van der Waals surface area contributed by atoms with Crippen LogP contribution in [-0.2, 0) is 25.6 Å². The molecule has 1 aliphatic heterocycles. The number of amides is 2. The van der Waals surface area contributed by atoms with Crippen molar-refractivity contribution < 1.29 is 34.0 Å². The summed E-state index contributed by atoms with van der Waals surface area (Å²) in [5, 5.41) is 29.1. The molecule has 0 spiro atoms. The Labute approximate surface area is 267 Å². The van der Waals surface area contributed by atoms with Gasteiger partial charge in [-0.25, -0.2) is 0 Å². The van der Waals surface area contributed by atoms with Crippen LogP contribution in [0, 0.1) is 11.8 Å². The van der Waals surface area contributed by atoms with Gasteiger partial charge in [0.05, 0.1) is 26.3 Å². The molecule has 0 bridgehead atoms. The third-order valence-electron chi connectivity index (χ3n) is 8.51. The zero-order chi connectivity index (χ0) is 32.8. The minimum absolute atomic E-state index is 0.0345. The monoisotopic (exact) mass is 631 g/mol. The third kappa shape index (κ3) is 11.1. The van der Waals surface area contributed by atoms with E-state index in [-0.39, 0.29) is 49.4 Å². The lowest BCUT2D eigenvalue weighted by atomic mass is 9.82. The maximum atomic E-state index is 14.1. The Bertz CT molecular complexity index is 1150. The van der Waals surface area contributed by atoms with E-state index in [9.17, 15) is 19.8 Å². The second-order valence-electron chi connectivity index (χ2n) is 12.1. The first-order chi connectivity index (χ1) is 21.7. The molecular weight excluding hydrogens is 578 g/mol. The van der Waals surface area contributed by atoms with E-state index in [2.05, 4.69) is 24.3 Å². The fourth-order valence-corrected chi connectivity index (χ4v) is 5.84. The predicted molar refractivity (Wildman–Crippen MR) is 171 cm³/mol. The van der Waals surface area contributed by atoms with E-state index in [0.717, 1.165) is 18.5 Å². The summed E-state index contributed by atoms with van der Waals surface area (Å²) in [6, 6.07) is 9.29. The van der Waals surface area contributed by atoms with E-state index in [0.29, 0.717) is 44.8 Å². The predicted octanol–water partition coefficient (Wildman–Crippen LogP) is 2.11. The third-order valence-corrected chi connectivity index (χ3v) is 8.51. The molecule has 0 radical (unpaired) electrons. The molecule has 2 heterocycles. The lowest BCUT2D eigenvalue weighted by Gasteiger charge is -2.42. The average molecular weight is 632 g/mol. The molecule has 0 unspecified atom stereocenters. The molecule has 3 rings (SSSR count). The highest BCUT2D eigenvalue weighted by molar-refractivity contribution is 5.79. The second kappa shape index (κ2) is 18.8. The SMILES string of the molecule is COc1cccc([C@@H]2[C@@H](C(C)C)CN(C(C)=O)C[C@H](OC)[C@@H](O)[C@@H](O)COCCCCN2C(=O)CNCCCn2cccn2)c1. The summed E-state index contributed by atoms with van der Waals surface area (Å²) >= 11 is 0. The molecule has 0 saturated carbocycles. The van der Waals surface area contributed by atoms with Gasteiger partial charge in [0.2, 0.25) is 11.8 Å². The quantitative estimate of drug-likeness (QED) is 0.337. The highest BCUT2D eigenvalue weighted by atomic mass is 16.5. The normalized spacial score (nSPS) is 24.2. The van der Waals surface area contributed by atoms with Crippen LogP contribution in [0.1, 0.15) is 51.6 Å². The van der Waals surface area contributed by atoms with Gasteiger partial charge in [0, 0.05) is 65.1 Å². The van der Waals surface area contributed by atoms with Crippen molar-refractivity contribution in [3.63, 3.8) is 0 Å². The molecule has 1 aromatic heterocycles. The van der Waals surface area contributed by atoms with E-state index >= 15 is 0 Å².